The first-order valence-corrected chi connectivity index (χ1v) is 13.7. The Morgan fingerprint density at radius 3 is 2.14 bits per heavy atom. The van der Waals surface area contributed by atoms with Crippen molar-refractivity contribution in [1.29, 1.82) is 5.41 Å². The Kier molecular flexibility index (Phi) is 11.4. The molecule has 0 aliphatic rings. The second-order valence-electron chi connectivity index (χ2n) is 8.14. The van der Waals surface area contributed by atoms with E-state index in [1.807, 2.05) is 6.92 Å². The van der Waals surface area contributed by atoms with Crippen molar-refractivity contribution in [2.75, 3.05) is 12.8 Å². The summed E-state index contributed by atoms with van der Waals surface area (Å²) in [6.07, 6.45) is 2.52. The third-order valence-corrected chi connectivity index (χ3v) is 7.67. The third kappa shape index (κ3) is 7.96. The van der Waals surface area contributed by atoms with Crippen LogP contribution in [0.5, 0.6) is 5.75 Å². The maximum Gasteiger partial charge on any atom is 0.332 e. The number of benzene rings is 2. The number of ether oxygens (including phenoxy) is 1. The Morgan fingerprint density at radius 2 is 1.65 bits per heavy atom. The molecular weight excluding hydrogens is 520 g/mol. The van der Waals surface area contributed by atoms with Gasteiger partial charge in [0.15, 0.2) is 0 Å². The average Bonchev–Trinajstić information content (AvgIpc) is 2.86. The molecule has 200 valence electrons. The Morgan fingerprint density at radius 1 is 1.05 bits per heavy atom. The largest absolute Gasteiger partial charge is 0.480 e. The van der Waals surface area contributed by atoms with Gasteiger partial charge in [-0.2, -0.15) is 4.31 Å². The van der Waals surface area contributed by atoms with Crippen molar-refractivity contribution in [1.82, 2.24) is 4.31 Å². The molecule has 0 radical (unpaired) electrons. The average molecular weight is 551 g/mol. The van der Waals surface area contributed by atoms with Crippen LogP contribution in [0.25, 0.3) is 0 Å². The number of hydrogen-bond acceptors (Lipinski definition) is 7. The van der Waals surface area contributed by atoms with Crippen molar-refractivity contribution < 1.29 is 38.1 Å². The number of aliphatic carboxylic acids is 2. The molecule has 0 amide bonds. The number of carbonyl (C=O) groups is 3. The summed E-state index contributed by atoms with van der Waals surface area (Å²) < 4.78 is 26.2. The van der Waals surface area contributed by atoms with Gasteiger partial charge in [-0.25, -0.2) is 4.21 Å². The molecular formula is C25H30N2O8S2. The van der Waals surface area contributed by atoms with Crippen LogP contribution in [0.1, 0.15) is 49.8 Å². The van der Waals surface area contributed by atoms with Gasteiger partial charge in [0.2, 0.25) is 16.0 Å². The number of carbonyl (C=O) groups excluding carboxylic acids is 1. The van der Waals surface area contributed by atoms with E-state index < -0.39 is 46.5 Å². The minimum atomic E-state index is -2.76. The number of rotatable bonds is 15. The highest BCUT2D eigenvalue weighted by atomic mass is 32.2. The van der Waals surface area contributed by atoms with Gasteiger partial charge in [-0.3, -0.25) is 18.9 Å². The molecule has 0 saturated carbocycles. The number of carboxylic acid groups (broad SMARTS) is 2. The van der Waals surface area contributed by atoms with Crippen molar-refractivity contribution in [3.63, 3.8) is 0 Å². The van der Waals surface area contributed by atoms with Crippen molar-refractivity contribution in [2.45, 2.75) is 43.4 Å². The molecule has 0 aliphatic heterocycles. The first-order chi connectivity index (χ1) is 17.5. The van der Waals surface area contributed by atoms with E-state index >= 15 is 0 Å². The van der Waals surface area contributed by atoms with E-state index in [1.54, 1.807) is 54.6 Å². The molecule has 37 heavy (non-hydrogen) atoms. The molecule has 0 fully saturated rings. The van der Waals surface area contributed by atoms with E-state index in [0.717, 1.165) is 16.3 Å². The predicted molar refractivity (Wildman–Crippen MR) is 141 cm³/mol. The van der Waals surface area contributed by atoms with Crippen molar-refractivity contribution in [2.24, 2.45) is 0 Å². The predicted octanol–water partition coefficient (Wildman–Crippen LogP) is 3.99. The SMILES string of the molecule is CCCC(=N)c1ccc(OC(=O)CC[C@@H](c2ccccc2)N(CC(SC)(C(=O)O)C(=O)O)S(=O)O)cc1. The summed E-state index contributed by atoms with van der Waals surface area (Å²) in [6.45, 7) is 1.19. The fraction of sp³-hybridized carbons (Fsp3) is 0.360. The molecule has 2 atom stereocenters. The number of nitrogens with one attached hydrogen (secondary N) is 1. The summed E-state index contributed by atoms with van der Waals surface area (Å²) in [5.41, 5.74) is 1.70. The highest BCUT2D eigenvalue weighted by Gasteiger charge is 2.49. The Hall–Kier alpha value is -3.06. The van der Waals surface area contributed by atoms with Gasteiger partial charge in [0, 0.05) is 12.1 Å². The number of carboxylic acids is 2. The molecule has 1 unspecified atom stereocenters. The van der Waals surface area contributed by atoms with Crippen LogP contribution >= 0.6 is 11.8 Å². The molecule has 0 spiro atoms. The van der Waals surface area contributed by atoms with Crippen LogP contribution in [0.15, 0.2) is 54.6 Å². The standard InChI is InChI=1S/C25H30N2O8S2/c1-3-7-20(26)17-10-12-19(13-11-17)35-22(28)15-14-21(18-8-5-4-6-9-18)27(37(33)34)16-25(36-2,23(29)30)24(31)32/h4-6,8-13,21,26H,3,7,14-16H2,1-2H3,(H,29,30)(H,31,32)(H,33,34)/t21-/m0/s1. The van der Waals surface area contributed by atoms with Crippen LogP contribution in [0.4, 0.5) is 0 Å². The number of thioether (sulfide) groups is 1. The van der Waals surface area contributed by atoms with E-state index in [4.69, 9.17) is 10.1 Å². The van der Waals surface area contributed by atoms with Gasteiger partial charge in [0.05, 0.1) is 12.6 Å². The topological polar surface area (TPSA) is 165 Å². The number of esters is 1. The van der Waals surface area contributed by atoms with E-state index in [-0.39, 0.29) is 18.6 Å². The lowest BCUT2D eigenvalue weighted by Crippen LogP contribution is -2.53. The molecule has 2 aromatic rings. The van der Waals surface area contributed by atoms with E-state index in [2.05, 4.69) is 0 Å². The fourth-order valence-electron chi connectivity index (χ4n) is 3.67. The summed E-state index contributed by atoms with van der Waals surface area (Å²) in [5, 5.41) is 27.3. The minimum Gasteiger partial charge on any atom is -0.480 e. The zero-order chi connectivity index (χ0) is 27.6. The third-order valence-electron chi connectivity index (χ3n) is 5.71. The molecule has 2 rings (SSSR count). The minimum absolute atomic E-state index is 0.0436. The van der Waals surface area contributed by atoms with Crippen LogP contribution in [-0.2, 0) is 25.7 Å². The molecule has 0 aromatic heterocycles. The molecule has 12 heteroatoms. The number of hydrogen-bond donors (Lipinski definition) is 4. The van der Waals surface area contributed by atoms with Crippen LogP contribution < -0.4 is 4.74 Å². The summed E-state index contributed by atoms with van der Waals surface area (Å²) in [5.74, 6) is -3.68. The van der Waals surface area contributed by atoms with Gasteiger partial charge >= 0.3 is 17.9 Å². The molecule has 10 nitrogen and oxygen atoms in total. The highest BCUT2D eigenvalue weighted by molar-refractivity contribution is 8.01. The maximum absolute atomic E-state index is 12.6. The van der Waals surface area contributed by atoms with Crippen molar-refractivity contribution >= 4 is 46.6 Å². The molecule has 0 bridgehead atoms. The van der Waals surface area contributed by atoms with Crippen LogP contribution in [0.2, 0.25) is 0 Å². The van der Waals surface area contributed by atoms with Gasteiger partial charge in [-0.15, -0.1) is 11.8 Å². The Labute approximate surface area is 222 Å². The van der Waals surface area contributed by atoms with Crippen LogP contribution in [-0.4, -0.2) is 64.4 Å². The van der Waals surface area contributed by atoms with Gasteiger partial charge in [0.25, 0.3) is 0 Å². The van der Waals surface area contributed by atoms with E-state index in [9.17, 15) is 33.4 Å². The lowest BCUT2D eigenvalue weighted by molar-refractivity contribution is -0.152. The van der Waals surface area contributed by atoms with Crippen molar-refractivity contribution in [3.8, 4) is 5.75 Å². The molecule has 0 saturated heterocycles. The van der Waals surface area contributed by atoms with Gasteiger partial charge in [-0.05, 0) is 54.5 Å². The van der Waals surface area contributed by atoms with E-state index in [0.29, 0.717) is 29.5 Å². The van der Waals surface area contributed by atoms with Crippen LogP contribution in [0, 0.1) is 5.41 Å². The summed E-state index contributed by atoms with van der Waals surface area (Å²) in [6, 6.07) is 13.9. The lowest BCUT2D eigenvalue weighted by Gasteiger charge is -2.33. The second kappa shape index (κ2) is 14.0. The van der Waals surface area contributed by atoms with Gasteiger partial charge in [0.1, 0.15) is 5.75 Å². The van der Waals surface area contributed by atoms with Crippen molar-refractivity contribution in [3.05, 3.63) is 65.7 Å². The zero-order valence-electron chi connectivity index (χ0n) is 20.5. The van der Waals surface area contributed by atoms with Crippen LogP contribution in [0.3, 0.4) is 0 Å². The molecule has 4 N–H and O–H groups in total. The van der Waals surface area contributed by atoms with Gasteiger partial charge < -0.3 is 20.4 Å². The molecule has 0 aliphatic carbocycles. The molecule has 2 aromatic carbocycles. The monoisotopic (exact) mass is 550 g/mol. The quantitative estimate of drug-likeness (QED) is 0.0843. The smallest absolute Gasteiger partial charge is 0.332 e. The Bertz CT molecular complexity index is 1110. The van der Waals surface area contributed by atoms with Gasteiger partial charge in [-0.1, -0.05) is 43.7 Å². The second-order valence-corrected chi connectivity index (χ2v) is 10.2. The normalized spacial score (nSPS) is 13.1. The summed E-state index contributed by atoms with van der Waals surface area (Å²) >= 11 is -2.22. The summed E-state index contributed by atoms with van der Waals surface area (Å²) in [4.78, 5) is 36.4. The first-order valence-electron chi connectivity index (χ1n) is 11.4. The lowest BCUT2D eigenvalue weighted by atomic mass is 10.0. The first kappa shape index (κ1) is 30.2. The maximum atomic E-state index is 12.6. The number of nitrogens with zero attached hydrogens (tertiary/aromatic N) is 1. The zero-order valence-corrected chi connectivity index (χ0v) is 22.1. The van der Waals surface area contributed by atoms with E-state index in [1.165, 1.54) is 6.26 Å². The molecule has 0 heterocycles. The summed E-state index contributed by atoms with van der Waals surface area (Å²) in [7, 11) is 0. The fourth-order valence-corrected chi connectivity index (χ4v) is 5.12. The highest BCUT2D eigenvalue weighted by Crippen LogP contribution is 2.33. The Balaban J connectivity index is 2.25.